The molecule has 2 N–H and O–H groups in total. The molecule has 5 rings (SSSR count). The van der Waals surface area contributed by atoms with E-state index in [9.17, 15) is 9.59 Å². The van der Waals surface area contributed by atoms with Crippen LogP contribution in [0.5, 0.6) is 0 Å². The maximum absolute atomic E-state index is 13.2. The number of nitrogens with one attached hydrogen (secondary N) is 1. The lowest BCUT2D eigenvalue weighted by molar-refractivity contribution is -0.122. The van der Waals surface area contributed by atoms with Crippen LogP contribution in [0.3, 0.4) is 0 Å². The van der Waals surface area contributed by atoms with Gasteiger partial charge in [-0.2, -0.15) is 0 Å². The van der Waals surface area contributed by atoms with E-state index in [-0.39, 0.29) is 30.2 Å². The van der Waals surface area contributed by atoms with Crippen LogP contribution in [0.4, 0.5) is 0 Å². The summed E-state index contributed by atoms with van der Waals surface area (Å²) in [4.78, 5) is 53.9. The van der Waals surface area contributed by atoms with Crippen molar-refractivity contribution in [2.45, 2.75) is 6.04 Å². The Balaban J connectivity index is 0.000000868. The van der Waals surface area contributed by atoms with Gasteiger partial charge < -0.3 is 24.6 Å². The Labute approximate surface area is 195 Å². The lowest BCUT2D eigenvalue weighted by atomic mass is 10.1. The largest absolute Gasteiger partial charge is 0.483 e. The monoisotopic (exact) mass is 464 g/mol. The Morgan fingerprint density at radius 2 is 1.85 bits per heavy atom. The number of carboxylic acid groups (broad SMARTS) is 1. The summed E-state index contributed by atoms with van der Waals surface area (Å²) in [6, 6.07) is 7.05. The van der Waals surface area contributed by atoms with Crippen LogP contribution in [0.2, 0.25) is 0 Å². The minimum atomic E-state index is -0.250. The lowest BCUT2D eigenvalue weighted by Crippen LogP contribution is -2.48. The number of hydrogen-bond acceptors (Lipinski definition) is 7. The van der Waals surface area contributed by atoms with Crippen LogP contribution in [0.1, 0.15) is 20.8 Å². The Bertz CT molecular complexity index is 1110. The standard InChI is InChI=1S/C22H22N6O3.CH2O2/c29-21(17-8-25-20(26-9-17)16-3-1-5-23-7-16)27-10-15-11-28(18(12-27)14-31-13-15)22(30)19-4-2-6-24-19;2-1-3/h1-9,15,18,24H,10-14H2;1H,(H,2,3)/t15-,18-;/m0./s1. The van der Waals surface area contributed by atoms with E-state index < -0.39 is 0 Å². The molecule has 0 aromatic carbocycles. The Morgan fingerprint density at radius 1 is 1.06 bits per heavy atom. The summed E-state index contributed by atoms with van der Waals surface area (Å²) in [6.07, 6.45) is 8.21. The van der Waals surface area contributed by atoms with E-state index in [2.05, 4.69) is 19.9 Å². The quantitative estimate of drug-likeness (QED) is 0.551. The molecule has 3 aromatic rings. The number of fused-ring (bicyclic) bond motifs is 3. The Kier molecular flexibility index (Phi) is 7.23. The molecule has 0 aliphatic carbocycles. The van der Waals surface area contributed by atoms with Gasteiger partial charge in [0.15, 0.2) is 5.82 Å². The van der Waals surface area contributed by atoms with Crippen molar-refractivity contribution in [1.82, 2.24) is 29.7 Å². The molecule has 2 bridgehead atoms. The maximum Gasteiger partial charge on any atom is 0.290 e. The number of pyridine rings is 1. The highest BCUT2D eigenvalue weighted by molar-refractivity contribution is 5.94. The zero-order valence-electron chi connectivity index (χ0n) is 18.3. The number of carbonyl (C=O) groups excluding carboxylic acids is 2. The SMILES string of the molecule is O=C(c1cnc(-c2cccnc2)nc1)N1C[C@@H]2COC[C@H](C1)N(C(=O)c1ccc[nH]1)C2.O=CO. The summed E-state index contributed by atoms with van der Waals surface area (Å²) in [7, 11) is 0. The van der Waals surface area contributed by atoms with Crippen LogP contribution in [0.25, 0.3) is 11.4 Å². The molecule has 11 nitrogen and oxygen atoms in total. The van der Waals surface area contributed by atoms with E-state index in [0.29, 0.717) is 49.9 Å². The number of rotatable bonds is 3. The third-order valence-electron chi connectivity index (χ3n) is 5.66. The molecule has 176 valence electrons. The average molecular weight is 464 g/mol. The van der Waals surface area contributed by atoms with Crippen LogP contribution in [0, 0.1) is 5.92 Å². The third kappa shape index (κ3) is 5.09. The molecule has 0 radical (unpaired) electrons. The first-order valence-electron chi connectivity index (χ1n) is 10.7. The van der Waals surface area contributed by atoms with Crippen LogP contribution < -0.4 is 0 Å². The van der Waals surface area contributed by atoms with Crippen LogP contribution in [0.15, 0.2) is 55.2 Å². The van der Waals surface area contributed by atoms with Gasteiger partial charge in [-0.1, -0.05) is 0 Å². The second-order valence-electron chi connectivity index (χ2n) is 7.95. The minimum Gasteiger partial charge on any atom is -0.483 e. The fourth-order valence-electron chi connectivity index (χ4n) is 4.14. The highest BCUT2D eigenvalue weighted by atomic mass is 16.5. The van der Waals surface area contributed by atoms with E-state index in [1.165, 1.54) is 0 Å². The number of aromatic amines is 1. The highest BCUT2D eigenvalue weighted by Crippen LogP contribution is 2.23. The Hall–Kier alpha value is -4.12. The molecule has 2 atom stereocenters. The second-order valence-corrected chi connectivity index (χ2v) is 7.95. The van der Waals surface area contributed by atoms with E-state index in [0.717, 1.165) is 5.56 Å². The average Bonchev–Trinajstić information content (AvgIpc) is 3.24. The van der Waals surface area contributed by atoms with Crippen molar-refractivity contribution in [3.63, 3.8) is 0 Å². The summed E-state index contributed by atoms with van der Waals surface area (Å²) in [5.74, 6) is 0.368. The zero-order chi connectivity index (χ0) is 23.9. The van der Waals surface area contributed by atoms with Crippen molar-refractivity contribution in [3.8, 4) is 11.4 Å². The molecule has 2 saturated heterocycles. The second kappa shape index (κ2) is 10.7. The van der Waals surface area contributed by atoms with Gasteiger partial charge in [0.2, 0.25) is 0 Å². The normalized spacial score (nSPS) is 19.4. The molecule has 0 spiro atoms. The Morgan fingerprint density at radius 3 is 2.53 bits per heavy atom. The molecular formula is C23H24N6O5. The van der Waals surface area contributed by atoms with E-state index in [1.807, 2.05) is 17.0 Å². The predicted molar refractivity (Wildman–Crippen MR) is 120 cm³/mol. The number of nitrogens with zero attached hydrogens (tertiary/aromatic N) is 5. The predicted octanol–water partition coefficient (Wildman–Crippen LogP) is 1.18. The molecule has 0 saturated carbocycles. The number of amides is 2. The van der Waals surface area contributed by atoms with Crippen LogP contribution in [-0.2, 0) is 9.53 Å². The summed E-state index contributed by atoms with van der Waals surface area (Å²) in [6.45, 7) is 2.16. The summed E-state index contributed by atoms with van der Waals surface area (Å²) >= 11 is 0. The van der Waals surface area contributed by atoms with Gasteiger partial charge in [-0.3, -0.25) is 19.4 Å². The van der Waals surface area contributed by atoms with Crippen molar-refractivity contribution < 1.29 is 24.2 Å². The summed E-state index contributed by atoms with van der Waals surface area (Å²) in [5, 5.41) is 6.89. The van der Waals surface area contributed by atoms with Gasteiger partial charge in [0.05, 0.1) is 24.8 Å². The smallest absolute Gasteiger partial charge is 0.290 e. The molecule has 2 aliphatic heterocycles. The van der Waals surface area contributed by atoms with Crippen molar-refractivity contribution >= 4 is 18.3 Å². The molecule has 34 heavy (non-hydrogen) atoms. The third-order valence-corrected chi connectivity index (χ3v) is 5.66. The number of hydrogen-bond donors (Lipinski definition) is 2. The van der Waals surface area contributed by atoms with Crippen molar-refractivity contribution in [1.29, 1.82) is 0 Å². The van der Waals surface area contributed by atoms with Gasteiger partial charge in [-0.25, -0.2) is 9.97 Å². The molecule has 5 heterocycles. The van der Waals surface area contributed by atoms with Gasteiger partial charge in [-0.15, -0.1) is 0 Å². The fourth-order valence-corrected chi connectivity index (χ4v) is 4.14. The van der Waals surface area contributed by atoms with E-state index >= 15 is 0 Å². The summed E-state index contributed by atoms with van der Waals surface area (Å²) < 4.78 is 5.79. The van der Waals surface area contributed by atoms with Gasteiger partial charge in [0.25, 0.3) is 18.3 Å². The first-order chi connectivity index (χ1) is 16.6. The minimum absolute atomic E-state index is 0.0472. The molecular weight excluding hydrogens is 440 g/mol. The van der Waals surface area contributed by atoms with Gasteiger partial charge in [-0.05, 0) is 24.3 Å². The molecule has 2 aliphatic rings. The van der Waals surface area contributed by atoms with E-state index in [1.54, 1.807) is 48.0 Å². The number of H-pyrrole nitrogens is 1. The molecule has 2 fully saturated rings. The molecule has 2 amide bonds. The first kappa shape index (κ1) is 23.1. The van der Waals surface area contributed by atoms with Gasteiger partial charge >= 0.3 is 0 Å². The van der Waals surface area contributed by atoms with Gasteiger partial charge in [0.1, 0.15) is 5.69 Å². The fraction of sp³-hybridized carbons (Fsp3) is 0.304. The van der Waals surface area contributed by atoms with E-state index in [4.69, 9.17) is 14.6 Å². The highest BCUT2D eigenvalue weighted by Gasteiger charge is 2.38. The maximum atomic E-state index is 13.2. The molecule has 3 aromatic heterocycles. The summed E-state index contributed by atoms with van der Waals surface area (Å²) in [5.41, 5.74) is 1.77. The zero-order valence-corrected chi connectivity index (χ0v) is 18.3. The topological polar surface area (TPSA) is 142 Å². The van der Waals surface area contributed by atoms with Gasteiger partial charge in [0, 0.05) is 62.1 Å². The van der Waals surface area contributed by atoms with Crippen molar-refractivity contribution in [2.75, 3.05) is 32.8 Å². The van der Waals surface area contributed by atoms with Crippen LogP contribution >= 0.6 is 0 Å². The van der Waals surface area contributed by atoms with Crippen LogP contribution in [-0.4, -0.2) is 92.0 Å². The lowest BCUT2D eigenvalue weighted by Gasteiger charge is -2.31. The number of ether oxygens (including phenoxy) is 1. The van der Waals surface area contributed by atoms with Crippen molar-refractivity contribution in [3.05, 3.63) is 66.5 Å². The van der Waals surface area contributed by atoms with Crippen molar-refractivity contribution in [2.24, 2.45) is 5.92 Å². The molecule has 11 heteroatoms. The molecule has 0 unspecified atom stereocenters. The number of aromatic nitrogens is 4. The first-order valence-corrected chi connectivity index (χ1v) is 10.7. The number of carbonyl (C=O) groups is 3.